The number of nitrogens with zero attached hydrogens (tertiary/aromatic N) is 3. The third-order valence-corrected chi connectivity index (χ3v) is 5.92. The Bertz CT molecular complexity index is 1100. The number of piperazine rings is 1. The molecule has 0 N–H and O–H groups in total. The van der Waals surface area contributed by atoms with Crippen molar-refractivity contribution in [1.29, 1.82) is 5.26 Å². The third-order valence-electron chi connectivity index (χ3n) is 5.92. The molecule has 2 heterocycles. The van der Waals surface area contributed by atoms with Crippen LogP contribution in [0.5, 0.6) is 0 Å². The van der Waals surface area contributed by atoms with Gasteiger partial charge in [-0.1, -0.05) is 24.3 Å². The molecule has 0 aromatic heterocycles. The lowest BCUT2D eigenvalue weighted by Gasteiger charge is -2.46. The van der Waals surface area contributed by atoms with E-state index in [2.05, 4.69) is 0 Å². The standard InChI is InChI=1S/C23H20F3N3O3/c1-22(25,26)17-5-2-15(3-6-17)12-29-20(30)13-28(21(31)23(29)8-9-32-14-23)19-7-4-16(11-27)10-18(19)24/h2-7,10H,8-9,12-14H2,1H3. The van der Waals surface area contributed by atoms with Crippen LogP contribution in [0.15, 0.2) is 42.5 Å². The van der Waals surface area contributed by atoms with E-state index in [1.54, 1.807) is 0 Å². The Morgan fingerprint density at radius 3 is 2.47 bits per heavy atom. The Morgan fingerprint density at radius 1 is 1.19 bits per heavy atom. The molecular formula is C23H20F3N3O3. The first-order chi connectivity index (χ1) is 15.2. The van der Waals surface area contributed by atoms with Crippen molar-refractivity contribution in [2.75, 3.05) is 24.7 Å². The van der Waals surface area contributed by atoms with E-state index in [0.29, 0.717) is 5.56 Å². The predicted octanol–water partition coefficient (Wildman–Crippen LogP) is 3.34. The Labute approximate surface area is 182 Å². The molecular weight excluding hydrogens is 423 g/mol. The van der Waals surface area contributed by atoms with E-state index < -0.39 is 29.1 Å². The van der Waals surface area contributed by atoms with Crippen LogP contribution in [-0.4, -0.2) is 42.0 Å². The van der Waals surface area contributed by atoms with Crippen molar-refractivity contribution < 1.29 is 27.5 Å². The number of benzene rings is 2. The maximum atomic E-state index is 14.6. The van der Waals surface area contributed by atoms with Crippen molar-refractivity contribution in [3.63, 3.8) is 0 Å². The quantitative estimate of drug-likeness (QED) is 0.727. The molecule has 2 amide bonds. The Balaban J connectivity index is 1.65. The molecule has 32 heavy (non-hydrogen) atoms. The van der Waals surface area contributed by atoms with Gasteiger partial charge in [-0.3, -0.25) is 14.5 Å². The van der Waals surface area contributed by atoms with Crippen LogP contribution in [0, 0.1) is 17.1 Å². The van der Waals surface area contributed by atoms with Crippen LogP contribution >= 0.6 is 0 Å². The molecule has 2 aromatic carbocycles. The first-order valence-electron chi connectivity index (χ1n) is 10.0. The lowest BCUT2D eigenvalue weighted by molar-refractivity contribution is -0.152. The smallest absolute Gasteiger partial charge is 0.270 e. The molecule has 6 nitrogen and oxygen atoms in total. The number of rotatable bonds is 4. The first-order valence-corrected chi connectivity index (χ1v) is 10.0. The molecule has 0 bridgehead atoms. The number of halogens is 3. The molecule has 2 fully saturated rings. The van der Waals surface area contributed by atoms with Crippen LogP contribution in [-0.2, 0) is 26.8 Å². The van der Waals surface area contributed by atoms with Crippen LogP contribution in [0.4, 0.5) is 18.9 Å². The molecule has 0 aliphatic carbocycles. The van der Waals surface area contributed by atoms with Gasteiger partial charge in [-0.25, -0.2) is 13.2 Å². The van der Waals surface area contributed by atoms with Gasteiger partial charge in [0.15, 0.2) is 0 Å². The highest BCUT2D eigenvalue weighted by Crippen LogP contribution is 2.37. The van der Waals surface area contributed by atoms with E-state index in [1.807, 2.05) is 6.07 Å². The molecule has 0 radical (unpaired) electrons. The second-order valence-corrected chi connectivity index (χ2v) is 8.07. The van der Waals surface area contributed by atoms with E-state index in [0.717, 1.165) is 17.9 Å². The van der Waals surface area contributed by atoms with Crippen molar-refractivity contribution in [2.45, 2.75) is 31.4 Å². The average Bonchev–Trinajstić information content (AvgIpc) is 3.24. The van der Waals surface area contributed by atoms with Gasteiger partial charge in [0.05, 0.1) is 23.9 Å². The fourth-order valence-electron chi connectivity index (χ4n) is 4.15. The van der Waals surface area contributed by atoms with Gasteiger partial charge in [-0.15, -0.1) is 0 Å². The predicted molar refractivity (Wildman–Crippen MR) is 108 cm³/mol. The minimum atomic E-state index is -2.98. The SMILES string of the molecule is CC(F)(F)c1ccc(CN2C(=O)CN(c3ccc(C#N)cc3F)C(=O)C23CCOC3)cc1. The molecule has 0 saturated carbocycles. The third kappa shape index (κ3) is 3.71. The topological polar surface area (TPSA) is 73.6 Å². The van der Waals surface area contributed by atoms with Crippen molar-refractivity contribution in [3.8, 4) is 6.07 Å². The van der Waals surface area contributed by atoms with E-state index in [-0.39, 0.29) is 49.5 Å². The lowest BCUT2D eigenvalue weighted by Crippen LogP contribution is -2.68. The van der Waals surface area contributed by atoms with Crippen molar-refractivity contribution in [1.82, 2.24) is 4.90 Å². The number of carbonyl (C=O) groups is 2. The van der Waals surface area contributed by atoms with Crippen LogP contribution in [0.2, 0.25) is 0 Å². The summed E-state index contributed by atoms with van der Waals surface area (Å²) in [6, 6.07) is 11.1. The van der Waals surface area contributed by atoms with Gasteiger partial charge >= 0.3 is 0 Å². The average molecular weight is 443 g/mol. The summed E-state index contributed by atoms with van der Waals surface area (Å²) in [5.41, 5.74) is -0.859. The normalized spacial score (nSPS) is 21.3. The molecule has 2 aliphatic rings. The fourth-order valence-corrected chi connectivity index (χ4v) is 4.15. The minimum absolute atomic E-state index is 0.0349. The lowest BCUT2D eigenvalue weighted by atomic mass is 9.90. The second-order valence-electron chi connectivity index (χ2n) is 8.07. The number of ether oxygens (including phenoxy) is 1. The zero-order chi connectivity index (χ0) is 23.1. The van der Waals surface area contributed by atoms with Crippen LogP contribution in [0.25, 0.3) is 0 Å². The molecule has 1 unspecified atom stereocenters. The summed E-state index contributed by atoms with van der Waals surface area (Å²) in [6.45, 7) is 0.662. The van der Waals surface area contributed by atoms with Crippen molar-refractivity contribution >= 4 is 17.5 Å². The van der Waals surface area contributed by atoms with Gasteiger partial charge < -0.3 is 9.64 Å². The molecule has 1 atom stereocenters. The zero-order valence-electron chi connectivity index (χ0n) is 17.3. The number of amides is 2. The Hall–Kier alpha value is -3.38. The Kier molecular flexibility index (Phi) is 5.42. The van der Waals surface area contributed by atoms with Gasteiger partial charge in [-0.05, 0) is 23.8 Å². The van der Waals surface area contributed by atoms with E-state index in [9.17, 15) is 22.8 Å². The number of hydrogen-bond donors (Lipinski definition) is 0. The van der Waals surface area contributed by atoms with E-state index in [4.69, 9.17) is 10.00 Å². The largest absolute Gasteiger partial charge is 0.378 e. The maximum Gasteiger partial charge on any atom is 0.270 e. The molecule has 4 rings (SSSR count). The summed E-state index contributed by atoms with van der Waals surface area (Å²) < 4.78 is 47.1. The molecule has 2 aromatic rings. The zero-order valence-corrected chi connectivity index (χ0v) is 17.3. The van der Waals surface area contributed by atoms with Gasteiger partial charge in [0.2, 0.25) is 5.91 Å². The molecule has 9 heteroatoms. The van der Waals surface area contributed by atoms with Gasteiger partial charge in [-0.2, -0.15) is 5.26 Å². The monoisotopic (exact) mass is 443 g/mol. The van der Waals surface area contributed by atoms with Gasteiger partial charge in [0.1, 0.15) is 17.9 Å². The molecule has 2 saturated heterocycles. The molecule has 1 spiro atoms. The summed E-state index contributed by atoms with van der Waals surface area (Å²) in [5.74, 6) is -4.65. The maximum absolute atomic E-state index is 14.6. The highest BCUT2D eigenvalue weighted by atomic mass is 19.3. The first kappa shape index (κ1) is 21.8. The number of hydrogen-bond acceptors (Lipinski definition) is 4. The van der Waals surface area contributed by atoms with Gasteiger partial charge in [0.25, 0.3) is 11.8 Å². The fraction of sp³-hybridized carbons (Fsp3) is 0.348. The summed E-state index contributed by atoms with van der Waals surface area (Å²) in [6.07, 6.45) is 0.233. The summed E-state index contributed by atoms with van der Waals surface area (Å²) in [5, 5.41) is 8.95. The Morgan fingerprint density at radius 2 is 1.91 bits per heavy atom. The van der Waals surface area contributed by atoms with Crippen molar-refractivity contribution in [3.05, 3.63) is 65.0 Å². The molecule has 2 aliphatic heterocycles. The summed E-state index contributed by atoms with van der Waals surface area (Å²) in [7, 11) is 0. The summed E-state index contributed by atoms with van der Waals surface area (Å²) >= 11 is 0. The molecule has 166 valence electrons. The second kappa shape index (κ2) is 7.95. The van der Waals surface area contributed by atoms with E-state index >= 15 is 0 Å². The number of anilines is 1. The number of carbonyl (C=O) groups excluding carboxylic acids is 2. The highest BCUT2D eigenvalue weighted by molar-refractivity contribution is 6.09. The van der Waals surface area contributed by atoms with Crippen LogP contribution in [0.3, 0.4) is 0 Å². The van der Waals surface area contributed by atoms with Gasteiger partial charge in [0, 0.05) is 32.1 Å². The van der Waals surface area contributed by atoms with E-state index in [1.165, 1.54) is 41.3 Å². The minimum Gasteiger partial charge on any atom is -0.378 e. The number of nitriles is 1. The van der Waals surface area contributed by atoms with Crippen LogP contribution < -0.4 is 4.90 Å². The highest BCUT2D eigenvalue weighted by Gasteiger charge is 2.55. The van der Waals surface area contributed by atoms with Crippen molar-refractivity contribution in [2.24, 2.45) is 0 Å². The number of alkyl halides is 2. The van der Waals surface area contributed by atoms with Crippen LogP contribution in [0.1, 0.15) is 30.0 Å². The summed E-state index contributed by atoms with van der Waals surface area (Å²) in [4.78, 5) is 29.1.